The van der Waals surface area contributed by atoms with Crippen molar-refractivity contribution in [1.29, 1.82) is 0 Å². The van der Waals surface area contributed by atoms with Crippen molar-refractivity contribution in [2.24, 2.45) is 0 Å². The van der Waals surface area contributed by atoms with Gasteiger partial charge >= 0.3 is 0 Å². The van der Waals surface area contributed by atoms with Crippen LogP contribution in [0.1, 0.15) is 34.3 Å². The first kappa shape index (κ1) is 21.4. The number of Topliss-reactive ketones (excluding diaryl/α,β-unsaturated/α-hetero) is 1. The van der Waals surface area contributed by atoms with Crippen LogP contribution in [0.3, 0.4) is 0 Å². The lowest BCUT2D eigenvalue weighted by Gasteiger charge is -2.15. The molecule has 1 aliphatic heterocycles. The predicted molar refractivity (Wildman–Crippen MR) is 128 cm³/mol. The Kier molecular flexibility index (Phi) is 7.18. The van der Waals surface area contributed by atoms with Gasteiger partial charge in [0, 0.05) is 22.7 Å². The fourth-order valence-corrected chi connectivity index (χ4v) is 3.99. The third-order valence-electron chi connectivity index (χ3n) is 5.53. The number of ether oxygens (including phenoxy) is 1. The first-order valence-corrected chi connectivity index (χ1v) is 11.1. The van der Waals surface area contributed by atoms with Crippen LogP contribution in [0.15, 0.2) is 78.9 Å². The van der Waals surface area contributed by atoms with E-state index in [4.69, 9.17) is 16.3 Å². The van der Waals surface area contributed by atoms with Crippen molar-refractivity contribution in [3.63, 3.8) is 0 Å². The second-order valence-electron chi connectivity index (χ2n) is 7.70. The minimum absolute atomic E-state index is 0.0465. The molecule has 0 radical (unpaired) electrons. The molecule has 0 aromatic heterocycles. The van der Waals surface area contributed by atoms with Crippen molar-refractivity contribution in [1.82, 2.24) is 4.90 Å². The third kappa shape index (κ3) is 5.63. The molecule has 1 saturated heterocycles. The molecular formula is C27H26ClNO2. The standard InChI is InChI=1S/C27H26ClNO2/c28-26-11-5-4-10-23(26)20-25(21-8-2-1-3-9-21)27(30)22-12-14-24(15-13-22)31-19-18-29-16-6-7-17-29/h1-5,8-15,20H,6-7,16-19H2/b25-20+. The predicted octanol–water partition coefficient (Wildman–Crippen LogP) is 6.24. The molecule has 0 aliphatic carbocycles. The van der Waals surface area contributed by atoms with E-state index in [1.807, 2.05) is 84.9 Å². The van der Waals surface area contributed by atoms with Crippen molar-refractivity contribution >= 4 is 29.0 Å². The highest BCUT2D eigenvalue weighted by Gasteiger charge is 2.16. The SMILES string of the molecule is O=C(/C(=C/c1ccccc1Cl)c1ccccc1)c1ccc(OCCN2CCCC2)cc1. The van der Waals surface area contributed by atoms with Gasteiger partial charge in [0.05, 0.1) is 0 Å². The molecule has 31 heavy (non-hydrogen) atoms. The van der Waals surface area contributed by atoms with E-state index >= 15 is 0 Å². The molecule has 0 spiro atoms. The van der Waals surface area contributed by atoms with Gasteiger partial charge in [0.1, 0.15) is 12.4 Å². The first-order valence-electron chi connectivity index (χ1n) is 10.7. The molecule has 0 unspecified atom stereocenters. The lowest BCUT2D eigenvalue weighted by molar-refractivity contribution is 0.105. The van der Waals surface area contributed by atoms with Gasteiger partial charge in [-0.15, -0.1) is 0 Å². The van der Waals surface area contributed by atoms with Gasteiger partial charge in [-0.1, -0.05) is 60.1 Å². The van der Waals surface area contributed by atoms with Gasteiger partial charge < -0.3 is 4.74 Å². The number of hydrogen-bond acceptors (Lipinski definition) is 3. The van der Waals surface area contributed by atoms with Crippen LogP contribution in [0.2, 0.25) is 5.02 Å². The lowest BCUT2D eigenvalue weighted by Crippen LogP contribution is -2.25. The summed E-state index contributed by atoms with van der Waals surface area (Å²) in [5.74, 6) is 0.738. The Bertz CT molecular complexity index is 1040. The number of nitrogens with zero attached hydrogens (tertiary/aromatic N) is 1. The van der Waals surface area contributed by atoms with E-state index in [1.165, 1.54) is 12.8 Å². The van der Waals surface area contributed by atoms with E-state index in [1.54, 1.807) is 0 Å². The maximum Gasteiger partial charge on any atom is 0.193 e. The molecule has 0 saturated carbocycles. The molecule has 3 aromatic rings. The third-order valence-corrected chi connectivity index (χ3v) is 5.87. The second-order valence-corrected chi connectivity index (χ2v) is 8.10. The fourth-order valence-electron chi connectivity index (χ4n) is 3.80. The van der Waals surface area contributed by atoms with E-state index in [0.717, 1.165) is 36.5 Å². The minimum atomic E-state index is -0.0465. The number of benzene rings is 3. The lowest BCUT2D eigenvalue weighted by atomic mass is 9.94. The van der Waals surface area contributed by atoms with Gasteiger partial charge in [-0.2, -0.15) is 0 Å². The molecule has 1 fully saturated rings. The zero-order valence-electron chi connectivity index (χ0n) is 17.5. The summed E-state index contributed by atoms with van der Waals surface area (Å²) in [6.45, 7) is 3.93. The zero-order chi connectivity index (χ0) is 21.5. The Morgan fingerprint density at radius 2 is 1.55 bits per heavy atom. The molecule has 0 atom stereocenters. The van der Waals surface area contributed by atoms with Crippen LogP contribution in [0.4, 0.5) is 0 Å². The smallest absolute Gasteiger partial charge is 0.193 e. The van der Waals surface area contributed by atoms with Crippen LogP contribution in [0.5, 0.6) is 5.75 Å². The summed E-state index contributed by atoms with van der Waals surface area (Å²) in [6.07, 6.45) is 4.42. The molecule has 0 N–H and O–H groups in total. The number of rotatable bonds is 8. The molecular weight excluding hydrogens is 406 g/mol. The average molecular weight is 432 g/mol. The number of carbonyl (C=O) groups is 1. The van der Waals surface area contributed by atoms with E-state index in [-0.39, 0.29) is 5.78 Å². The van der Waals surface area contributed by atoms with Crippen LogP contribution in [0, 0.1) is 0 Å². The number of allylic oxidation sites excluding steroid dienone is 1. The Morgan fingerprint density at radius 3 is 2.26 bits per heavy atom. The summed E-state index contributed by atoms with van der Waals surface area (Å²) >= 11 is 6.35. The first-order chi connectivity index (χ1) is 15.2. The summed E-state index contributed by atoms with van der Waals surface area (Å²) in [5, 5.41) is 0.616. The minimum Gasteiger partial charge on any atom is -0.492 e. The normalized spacial score (nSPS) is 14.5. The summed E-state index contributed by atoms with van der Waals surface area (Å²) in [7, 11) is 0. The Hall–Kier alpha value is -2.88. The summed E-state index contributed by atoms with van der Waals surface area (Å²) in [5.41, 5.74) is 2.90. The number of likely N-dealkylation sites (tertiary alicyclic amines) is 1. The van der Waals surface area contributed by atoms with Crippen LogP contribution in [0.25, 0.3) is 11.6 Å². The summed E-state index contributed by atoms with van der Waals surface area (Å²) in [4.78, 5) is 15.8. The van der Waals surface area contributed by atoms with Gasteiger partial charge in [0.15, 0.2) is 5.78 Å². The summed E-state index contributed by atoms with van der Waals surface area (Å²) < 4.78 is 5.87. The van der Waals surface area contributed by atoms with Gasteiger partial charge in [0.2, 0.25) is 0 Å². The van der Waals surface area contributed by atoms with Crippen molar-refractivity contribution in [2.45, 2.75) is 12.8 Å². The number of halogens is 1. The summed E-state index contributed by atoms with van der Waals surface area (Å²) in [6, 6.07) is 24.6. The monoisotopic (exact) mass is 431 g/mol. The maximum atomic E-state index is 13.4. The van der Waals surface area contributed by atoms with Crippen LogP contribution < -0.4 is 4.74 Å². The zero-order valence-corrected chi connectivity index (χ0v) is 18.2. The van der Waals surface area contributed by atoms with Crippen LogP contribution >= 0.6 is 11.6 Å². The molecule has 3 nitrogen and oxygen atoms in total. The van der Waals surface area contributed by atoms with Crippen molar-refractivity contribution in [2.75, 3.05) is 26.2 Å². The molecule has 3 aromatic carbocycles. The van der Waals surface area contributed by atoms with Crippen LogP contribution in [-0.2, 0) is 0 Å². The van der Waals surface area contributed by atoms with E-state index in [9.17, 15) is 4.79 Å². The molecule has 0 bridgehead atoms. The van der Waals surface area contributed by atoms with Gasteiger partial charge in [0.25, 0.3) is 0 Å². The van der Waals surface area contributed by atoms with Crippen LogP contribution in [-0.4, -0.2) is 36.9 Å². The Morgan fingerprint density at radius 1 is 0.871 bits per heavy atom. The largest absolute Gasteiger partial charge is 0.492 e. The number of ketones is 1. The topological polar surface area (TPSA) is 29.5 Å². The fraction of sp³-hybridized carbons (Fsp3) is 0.222. The van der Waals surface area contributed by atoms with Crippen molar-refractivity contribution < 1.29 is 9.53 Å². The second kappa shape index (κ2) is 10.4. The molecule has 4 heteroatoms. The number of carbonyl (C=O) groups excluding carboxylic acids is 1. The Balaban J connectivity index is 1.52. The molecule has 1 heterocycles. The van der Waals surface area contributed by atoms with E-state index < -0.39 is 0 Å². The molecule has 0 amide bonds. The van der Waals surface area contributed by atoms with Crippen molar-refractivity contribution in [3.8, 4) is 5.75 Å². The van der Waals surface area contributed by atoms with Gasteiger partial charge in [-0.25, -0.2) is 0 Å². The van der Waals surface area contributed by atoms with Crippen molar-refractivity contribution in [3.05, 3.63) is 101 Å². The molecule has 158 valence electrons. The highest BCUT2D eigenvalue weighted by Crippen LogP contribution is 2.27. The van der Waals surface area contributed by atoms with Gasteiger partial charge in [-0.05, 0) is 73.5 Å². The molecule has 1 aliphatic rings. The molecule has 4 rings (SSSR count). The average Bonchev–Trinajstić information content (AvgIpc) is 3.33. The maximum absolute atomic E-state index is 13.4. The quantitative estimate of drug-likeness (QED) is 0.240. The highest BCUT2D eigenvalue weighted by atomic mass is 35.5. The van der Waals surface area contributed by atoms with E-state index in [0.29, 0.717) is 22.8 Å². The van der Waals surface area contributed by atoms with Gasteiger partial charge in [-0.3, -0.25) is 9.69 Å². The number of hydrogen-bond donors (Lipinski definition) is 0. The Labute approximate surface area is 188 Å². The highest BCUT2D eigenvalue weighted by molar-refractivity contribution is 6.35. The van der Waals surface area contributed by atoms with E-state index in [2.05, 4.69) is 4.90 Å².